The summed E-state index contributed by atoms with van der Waals surface area (Å²) in [4.78, 5) is 0. The van der Waals surface area contributed by atoms with E-state index in [-0.39, 0.29) is 0 Å². The molecule has 0 bridgehead atoms. The van der Waals surface area contributed by atoms with Crippen molar-refractivity contribution in [1.29, 1.82) is 0 Å². The standard InChI is InChI=1S/C8H12N2/c1-6-2-3-7(5-9)8(10)4-6/h2-4H,5,9-10H2,1H3. The summed E-state index contributed by atoms with van der Waals surface area (Å²) in [5.41, 5.74) is 14.1. The van der Waals surface area contributed by atoms with Gasteiger partial charge in [0.2, 0.25) is 0 Å². The first-order valence-electron chi connectivity index (χ1n) is 3.29. The second kappa shape index (κ2) is 2.71. The number of hydrogen-bond acceptors (Lipinski definition) is 2. The average molecular weight is 136 g/mol. The Labute approximate surface area is 60.8 Å². The second-order valence-corrected chi connectivity index (χ2v) is 2.41. The molecule has 1 aromatic carbocycles. The summed E-state index contributed by atoms with van der Waals surface area (Å²) in [7, 11) is 0. The molecule has 0 amide bonds. The summed E-state index contributed by atoms with van der Waals surface area (Å²) in [6.45, 7) is 2.53. The van der Waals surface area contributed by atoms with E-state index in [0.717, 1.165) is 11.3 Å². The molecule has 0 atom stereocenters. The van der Waals surface area contributed by atoms with Gasteiger partial charge >= 0.3 is 0 Å². The summed E-state index contributed by atoms with van der Waals surface area (Å²) in [6, 6.07) is 5.91. The van der Waals surface area contributed by atoms with Crippen molar-refractivity contribution in [2.75, 3.05) is 5.73 Å². The molecule has 0 heterocycles. The molecule has 0 saturated heterocycles. The van der Waals surface area contributed by atoms with Crippen molar-refractivity contribution in [2.24, 2.45) is 5.73 Å². The zero-order valence-electron chi connectivity index (χ0n) is 6.09. The largest absolute Gasteiger partial charge is 0.398 e. The molecule has 10 heavy (non-hydrogen) atoms. The Hall–Kier alpha value is -1.02. The third-order valence-electron chi connectivity index (χ3n) is 1.52. The number of nitrogens with two attached hydrogens (primary N) is 2. The highest BCUT2D eigenvalue weighted by Crippen LogP contribution is 2.12. The molecule has 0 aliphatic rings. The number of nitrogen functional groups attached to an aromatic ring is 1. The van der Waals surface area contributed by atoms with Gasteiger partial charge in [-0.3, -0.25) is 0 Å². The van der Waals surface area contributed by atoms with Crippen LogP contribution in [0.4, 0.5) is 5.69 Å². The molecule has 0 aliphatic carbocycles. The van der Waals surface area contributed by atoms with E-state index in [4.69, 9.17) is 11.5 Å². The molecule has 0 saturated carbocycles. The highest BCUT2D eigenvalue weighted by molar-refractivity contribution is 5.48. The quantitative estimate of drug-likeness (QED) is 0.567. The van der Waals surface area contributed by atoms with Gasteiger partial charge in [0.15, 0.2) is 0 Å². The van der Waals surface area contributed by atoms with Gasteiger partial charge in [0.1, 0.15) is 0 Å². The van der Waals surface area contributed by atoms with Crippen LogP contribution in [0.5, 0.6) is 0 Å². The summed E-state index contributed by atoms with van der Waals surface area (Å²) in [5, 5.41) is 0. The zero-order valence-corrected chi connectivity index (χ0v) is 6.09. The van der Waals surface area contributed by atoms with Gasteiger partial charge in [0.05, 0.1) is 0 Å². The van der Waals surface area contributed by atoms with E-state index >= 15 is 0 Å². The van der Waals surface area contributed by atoms with Crippen molar-refractivity contribution in [2.45, 2.75) is 13.5 Å². The third-order valence-corrected chi connectivity index (χ3v) is 1.52. The van der Waals surface area contributed by atoms with Crippen molar-refractivity contribution >= 4 is 5.69 Å². The summed E-state index contributed by atoms with van der Waals surface area (Å²) in [5.74, 6) is 0. The van der Waals surface area contributed by atoms with Gasteiger partial charge in [-0.2, -0.15) is 0 Å². The number of benzene rings is 1. The average Bonchev–Trinajstić information content (AvgIpc) is 1.88. The van der Waals surface area contributed by atoms with Crippen LogP contribution < -0.4 is 11.5 Å². The fourth-order valence-corrected chi connectivity index (χ4v) is 0.900. The van der Waals surface area contributed by atoms with Crippen molar-refractivity contribution in [3.05, 3.63) is 29.3 Å². The summed E-state index contributed by atoms with van der Waals surface area (Å²) < 4.78 is 0. The van der Waals surface area contributed by atoms with Crippen molar-refractivity contribution in [1.82, 2.24) is 0 Å². The maximum atomic E-state index is 5.65. The normalized spacial score (nSPS) is 9.80. The van der Waals surface area contributed by atoms with E-state index in [1.54, 1.807) is 0 Å². The van der Waals surface area contributed by atoms with Crippen LogP contribution in [-0.2, 0) is 6.54 Å². The van der Waals surface area contributed by atoms with Gasteiger partial charge in [-0.1, -0.05) is 12.1 Å². The first-order chi connectivity index (χ1) is 4.74. The van der Waals surface area contributed by atoms with Crippen LogP contribution in [0.3, 0.4) is 0 Å². The summed E-state index contributed by atoms with van der Waals surface area (Å²) >= 11 is 0. The Kier molecular flexibility index (Phi) is 1.92. The van der Waals surface area contributed by atoms with E-state index in [1.165, 1.54) is 5.56 Å². The van der Waals surface area contributed by atoms with E-state index in [9.17, 15) is 0 Å². The van der Waals surface area contributed by atoms with Crippen LogP contribution in [0.2, 0.25) is 0 Å². The molecular weight excluding hydrogens is 124 g/mol. The van der Waals surface area contributed by atoms with E-state index in [2.05, 4.69) is 0 Å². The van der Waals surface area contributed by atoms with Gasteiger partial charge in [-0.15, -0.1) is 0 Å². The number of anilines is 1. The predicted octanol–water partition coefficient (Wildman–Crippen LogP) is 1.04. The second-order valence-electron chi connectivity index (χ2n) is 2.41. The van der Waals surface area contributed by atoms with Crippen LogP contribution >= 0.6 is 0 Å². The Morgan fingerprint density at radius 2 is 2.10 bits per heavy atom. The molecule has 1 rings (SSSR count). The lowest BCUT2D eigenvalue weighted by atomic mass is 10.1. The Morgan fingerprint density at radius 1 is 1.40 bits per heavy atom. The summed E-state index contributed by atoms with van der Waals surface area (Å²) in [6.07, 6.45) is 0. The minimum absolute atomic E-state index is 0.520. The van der Waals surface area contributed by atoms with Crippen LogP contribution in [-0.4, -0.2) is 0 Å². The Bertz CT molecular complexity index is 231. The molecule has 0 fully saturated rings. The Morgan fingerprint density at radius 3 is 2.60 bits per heavy atom. The van der Waals surface area contributed by atoms with Gasteiger partial charge in [-0.05, 0) is 24.1 Å². The lowest BCUT2D eigenvalue weighted by Gasteiger charge is -2.01. The fraction of sp³-hybridized carbons (Fsp3) is 0.250. The molecule has 0 radical (unpaired) electrons. The molecular formula is C8H12N2. The molecule has 1 aromatic rings. The first-order valence-corrected chi connectivity index (χ1v) is 3.29. The zero-order chi connectivity index (χ0) is 7.56. The van der Waals surface area contributed by atoms with E-state index in [0.29, 0.717) is 6.54 Å². The van der Waals surface area contributed by atoms with E-state index < -0.39 is 0 Å². The van der Waals surface area contributed by atoms with E-state index in [1.807, 2.05) is 25.1 Å². The number of aryl methyl sites for hydroxylation is 1. The topological polar surface area (TPSA) is 52.0 Å². The lowest BCUT2D eigenvalue weighted by molar-refractivity contribution is 1.07. The number of hydrogen-bond donors (Lipinski definition) is 2. The van der Waals surface area contributed by atoms with Gasteiger partial charge < -0.3 is 11.5 Å². The van der Waals surface area contributed by atoms with Crippen LogP contribution in [0.1, 0.15) is 11.1 Å². The monoisotopic (exact) mass is 136 g/mol. The maximum absolute atomic E-state index is 5.65. The molecule has 4 N–H and O–H groups in total. The minimum atomic E-state index is 0.520. The first kappa shape index (κ1) is 7.09. The predicted molar refractivity (Wildman–Crippen MR) is 43.5 cm³/mol. The fourth-order valence-electron chi connectivity index (χ4n) is 0.900. The van der Waals surface area contributed by atoms with Crippen molar-refractivity contribution in [3.63, 3.8) is 0 Å². The minimum Gasteiger partial charge on any atom is -0.398 e. The Balaban J connectivity index is 3.07. The molecule has 0 spiro atoms. The molecule has 0 aliphatic heterocycles. The van der Waals surface area contributed by atoms with Crippen molar-refractivity contribution < 1.29 is 0 Å². The van der Waals surface area contributed by atoms with Gasteiger partial charge in [0.25, 0.3) is 0 Å². The third kappa shape index (κ3) is 1.28. The van der Waals surface area contributed by atoms with Crippen LogP contribution in [0.25, 0.3) is 0 Å². The number of rotatable bonds is 1. The molecule has 2 heteroatoms. The lowest BCUT2D eigenvalue weighted by Crippen LogP contribution is -2.01. The SMILES string of the molecule is Cc1ccc(CN)c(N)c1. The van der Waals surface area contributed by atoms with Crippen LogP contribution in [0, 0.1) is 6.92 Å². The molecule has 2 nitrogen and oxygen atoms in total. The molecule has 54 valence electrons. The highest BCUT2D eigenvalue weighted by Gasteiger charge is 1.94. The van der Waals surface area contributed by atoms with Gasteiger partial charge in [0, 0.05) is 12.2 Å². The van der Waals surface area contributed by atoms with Crippen molar-refractivity contribution in [3.8, 4) is 0 Å². The van der Waals surface area contributed by atoms with Crippen LogP contribution in [0.15, 0.2) is 18.2 Å². The van der Waals surface area contributed by atoms with Gasteiger partial charge in [-0.25, -0.2) is 0 Å². The highest BCUT2D eigenvalue weighted by atomic mass is 14.6. The molecule has 0 aromatic heterocycles. The molecule has 0 unspecified atom stereocenters. The smallest absolute Gasteiger partial charge is 0.0362 e. The maximum Gasteiger partial charge on any atom is 0.0362 e.